The van der Waals surface area contributed by atoms with E-state index in [2.05, 4.69) is 27.7 Å². The highest BCUT2D eigenvalue weighted by atomic mass is 79.9. The van der Waals surface area contributed by atoms with Crippen LogP contribution < -0.4 is 4.74 Å². The average molecular weight is 270 g/mol. The Morgan fingerprint density at radius 1 is 1.67 bits per heavy atom. The zero-order chi connectivity index (χ0) is 11.3. The smallest absolute Gasteiger partial charge is 0.129 e. The molecule has 1 rings (SSSR count). The van der Waals surface area contributed by atoms with E-state index in [1.165, 1.54) is 0 Å². The number of hydrogen-bond donors (Lipinski definition) is 1. The normalized spacial score (nSPS) is 11.2. The van der Waals surface area contributed by atoms with E-state index in [4.69, 9.17) is 9.94 Å². The standard InChI is InChI=1S/C11H12BrNO2/c1-3-6-15-11-5-4-9(12)7-10(11)8(2)13-14/h3-5,7,14H,1,6H2,2H3. The summed E-state index contributed by atoms with van der Waals surface area (Å²) in [6.45, 7) is 5.71. The Labute approximate surface area is 97.2 Å². The van der Waals surface area contributed by atoms with Gasteiger partial charge < -0.3 is 9.94 Å². The first kappa shape index (κ1) is 11.8. The molecule has 3 nitrogen and oxygen atoms in total. The van der Waals surface area contributed by atoms with Gasteiger partial charge >= 0.3 is 0 Å². The summed E-state index contributed by atoms with van der Waals surface area (Å²) in [5, 5.41) is 11.9. The molecule has 0 fully saturated rings. The summed E-state index contributed by atoms with van der Waals surface area (Å²) in [7, 11) is 0. The van der Waals surface area contributed by atoms with Crippen LogP contribution in [0.25, 0.3) is 0 Å². The lowest BCUT2D eigenvalue weighted by Crippen LogP contribution is -2.02. The molecule has 0 aliphatic heterocycles. The Bertz CT molecular complexity index is 388. The van der Waals surface area contributed by atoms with E-state index in [1.807, 2.05) is 18.2 Å². The lowest BCUT2D eigenvalue weighted by molar-refractivity contribution is 0.318. The fourth-order valence-electron chi connectivity index (χ4n) is 1.11. The molecule has 0 amide bonds. The molecule has 0 bridgehead atoms. The van der Waals surface area contributed by atoms with Crippen LogP contribution in [0.2, 0.25) is 0 Å². The Balaban J connectivity index is 3.08. The summed E-state index contributed by atoms with van der Waals surface area (Å²) in [6, 6.07) is 5.53. The minimum absolute atomic E-state index is 0.424. The molecule has 0 radical (unpaired) electrons. The molecule has 0 aromatic heterocycles. The maximum absolute atomic E-state index is 8.73. The van der Waals surface area contributed by atoms with Crippen molar-refractivity contribution in [1.29, 1.82) is 0 Å². The van der Waals surface area contributed by atoms with Crippen molar-refractivity contribution in [3.8, 4) is 5.75 Å². The Hall–Kier alpha value is -1.29. The molecule has 15 heavy (non-hydrogen) atoms. The van der Waals surface area contributed by atoms with Crippen LogP contribution in [0, 0.1) is 0 Å². The van der Waals surface area contributed by atoms with E-state index >= 15 is 0 Å². The maximum Gasteiger partial charge on any atom is 0.129 e. The van der Waals surface area contributed by atoms with Crippen LogP contribution in [0.1, 0.15) is 12.5 Å². The van der Waals surface area contributed by atoms with Gasteiger partial charge in [0.1, 0.15) is 12.4 Å². The van der Waals surface area contributed by atoms with Gasteiger partial charge in [0.25, 0.3) is 0 Å². The van der Waals surface area contributed by atoms with Gasteiger partial charge in [-0.25, -0.2) is 0 Å². The number of nitrogens with zero attached hydrogens (tertiary/aromatic N) is 1. The predicted molar refractivity (Wildman–Crippen MR) is 63.8 cm³/mol. The summed E-state index contributed by atoms with van der Waals surface area (Å²) < 4.78 is 6.34. The third-order valence-corrected chi connectivity index (χ3v) is 2.33. The predicted octanol–water partition coefficient (Wildman–Crippen LogP) is 3.21. The summed E-state index contributed by atoms with van der Waals surface area (Å²) in [6.07, 6.45) is 1.66. The van der Waals surface area contributed by atoms with Crippen LogP contribution >= 0.6 is 15.9 Å². The molecule has 1 aromatic carbocycles. The SMILES string of the molecule is C=CCOc1ccc(Br)cc1C(C)=NO. The fourth-order valence-corrected chi connectivity index (χ4v) is 1.47. The van der Waals surface area contributed by atoms with Crippen molar-refractivity contribution in [3.05, 3.63) is 40.9 Å². The Morgan fingerprint density at radius 2 is 2.40 bits per heavy atom. The van der Waals surface area contributed by atoms with Gasteiger partial charge in [-0.1, -0.05) is 33.7 Å². The van der Waals surface area contributed by atoms with Crippen molar-refractivity contribution in [3.63, 3.8) is 0 Å². The van der Waals surface area contributed by atoms with Crippen molar-refractivity contribution in [2.24, 2.45) is 5.16 Å². The second kappa shape index (κ2) is 5.56. The third kappa shape index (κ3) is 3.09. The fraction of sp³-hybridized carbons (Fsp3) is 0.182. The van der Waals surface area contributed by atoms with Crippen molar-refractivity contribution in [2.75, 3.05) is 6.61 Å². The maximum atomic E-state index is 8.73. The molecule has 0 aliphatic rings. The van der Waals surface area contributed by atoms with Crippen molar-refractivity contribution in [2.45, 2.75) is 6.92 Å². The third-order valence-electron chi connectivity index (χ3n) is 1.84. The number of oxime groups is 1. The van der Waals surface area contributed by atoms with Gasteiger partial charge in [-0.2, -0.15) is 0 Å². The van der Waals surface area contributed by atoms with Crippen molar-refractivity contribution < 1.29 is 9.94 Å². The molecule has 0 spiro atoms. The zero-order valence-electron chi connectivity index (χ0n) is 8.40. The monoisotopic (exact) mass is 269 g/mol. The topological polar surface area (TPSA) is 41.8 Å². The molecule has 0 saturated heterocycles. The van der Waals surface area contributed by atoms with Gasteiger partial charge in [-0.3, -0.25) is 0 Å². The summed E-state index contributed by atoms with van der Waals surface area (Å²) in [5.41, 5.74) is 1.27. The van der Waals surface area contributed by atoms with Crippen LogP contribution in [-0.4, -0.2) is 17.5 Å². The Morgan fingerprint density at radius 3 is 3.00 bits per heavy atom. The summed E-state index contributed by atoms with van der Waals surface area (Å²) in [5.74, 6) is 0.674. The van der Waals surface area contributed by atoms with Gasteiger partial charge in [0.2, 0.25) is 0 Å². The van der Waals surface area contributed by atoms with Crippen molar-refractivity contribution in [1.82, 2.24) is 0 Å². The molecule has 1 N–H and O–H groups in total. The molecule has 80 valence electrons. The van der Waals surface area contributed by atoms with Gasteiger partial charge in [-0.05, 0) is 25.1 Å². The quantitative estimate of drug-likeness (QED) is 0.395. The van der Waals surface area contributed by atoms with Gasteiger partial charge in [-0.15, -0.1) is 0 Å². The lowest BCUT2D eigenvalue weighted by atomic mass is 10.1. The molecule has 0 heterocycles. The largest absolute Gasteiger partial charge is 0.489 e. The molecular weight excluding hydrogens is 258 g/mol. The van der Waals surface area contributed by atoms with E-state index in [9.17, 15) is 0 Å². The van der Waals surface area contributed by atoms with Crippen molar-refractivity contribution >= 4 is 21.6 Å². The molecule has 0 atom stereocenters. The van der Waals surface area contributed by atoms with Gasteiger partial charge in [0.05, 0.1) is 5.71 Å². The van der Waals surface area contributed by atoms with Crippen LogP contribution in [0.5, 0.6) is 5.75 Å². The molecule has 0 saturated carbocycles. The molecule has 1 aromatic rings. The summed E-state index contributed by atoms with van der Waals surface area (Å²) >= 11 is 3.35. The molecular formula is C11H12BrNO2. The molecule has 4 heteroatoms. The molecule has 0 aliphatic carbocycles. The highest BCUT2D eigenvalue weighted by molar-refractivity contribution is 9.10. The summed E-state index contributed by atoms with van der Waals surface area (Å²) in [4.78, 5) is 0. The van der Waals surface area contributed by atoms with Crippen LogP contribution in [0.15, 0.2) is 40.5 Å². The van der Waals surface area contributed by atoms with E-state index in [0.29, 0.717) is 18.1 Å². The first-order valence-electron chi connectivity index (χ1n) is 4.41. The number of hydrogen-bond acceptors (Lipinski definition) is 3. The van der Waals surface area contributed by atoms with Gasteiger partial charge in [0, 0.05) is 10.0 Å². The van der Waals surface area contributed by atoms with Crippen LogP contribution in [-0.2, 0) is 0 Å². The number of halogens is 1. The lowest BCUT2D eigenvalue weighted by Gasteiger charge is -2.09. The number of rotatable bonds is 4. The average Bonchev–Trinajstić information content (AvgIpc) is 2.26. The highest BCUT2D eigenvalue weighted by Crippen LogP contribution is 2.24. The first-order chi connectivity index (χ1) is 7.19. The van der Waals surface area contributed by atoms with Gasteiger partial charge in [0.15, 0.2) is 0 Å². The Kier molecular flexibility index (Phi) is 4.37. The van der Waals surface area contributed by atoms with E-state index < -0.39 is 0 Å². The highest BCUT2D eigenvalue weighted by Gasteiger charge is 2.07. The second-order valence-corrected chi connectivity index (χ2v) is 3.84. The minimum atomic E-state index is 0.424. The number of ether oxygens (including phenoxy) is 1. The number of benzene rings is 1. The molecule has 0 unspecified atom stereocenters. The zero-order valence-corrected chi connectivity index (χ0v) is 9.99. The van der Waals surface area contributed by atoms with E-state index in [1.54, 1.807) is 13.0 Å². The van der Waals surface area contributed by atoms with Crippen LogP contribution in [0.4, 0.5) is 0 Å². The van der Waals surface area contributed by atoms with E-state index in [0.717, 1.165) is 10.0 Å². The second-order valence-electron chi connectivity index (χ2n) is 2.93. The van der Waals surface area contributed by atoms with E-state index in [-0.39, 0.29) is 0 Å². The van der Waals surface area contributed by atoms with Crippen LogP contribution in [0.3, 0.4) is 0 Å². The minimum Gasteiger partial charge on any atom is -0.489 e. The first-order valence-corrected chi connectivity index (χ1v) is 5.20.